The maximum atomic E-state index is 5.94. The van der Waals surface area contributed by atoms with Crippen LogP contribution in [0.15, 0.2) is 53.8 Å². The maximum Gasteiger partial charge on any atom is 0.193 e. The second-order valence-corrected chi connectivity index (χ2v) is 5.09. The quantitative estimate of drug-likeness (QED) is 0.353. The van der Waals surface area contributed by atoms with Crippen LogP contribution in [0.25, 0.3) is 5.65 Å². The van der Waals surface area contributed by atoms with Gasteiger partial charge in [0.2, 0.25) is 0 Å². The first kappa shape index (κ1) is 18.8. The molecular formula is C17H20IN5O2. The third kappa shape index (κ3) is 4.53. The molecule has 0 aliphatic rings. The van der Waals surface area contributed by atoms with Gasteiger partial charge in [0.05, 0.1) is 26.5 Å². The molecule has 25 heavy (non-hydrogen) atoms. The Morgan fingerprint density at radius 2 is 2.00 bits per heavy atom. The summed E-state index contributed by atoms with van der Waals surface area (Å²) in [6.45, 7) is 0.397. The number of nitrogens with two attached hydrogens (primary N) is 1. The molecule has 0 unspecified atom stereocenters. The lowest BCUT2D eigenvalue weighted by molar-refractivity contribution is 0.355. The van der Waals surface area contributed by atoms with Gasteiger partial charge in [0, 0.05) is 24.1 Å². The van der Waals surface area contributed by atoms with E-state index in [-0.39, 0.29) is 24.0 Å². The first-order chi connectivity index (χ1) is 11.7. The summed E-state index contributed by atoms with van der Waals surface area (Å²) in [5, 5.41) is 3.03. The second-order valence-electron chi connectivity index (χ2n) is 5.09. The number of nitrogens with one attached hydrogen (secondary N) is 1. The lowest BCUT2D eigenvalue weighted by atomic mass is 10.3. The topological polar surface area (TPSA) is 86.2 Å². The molecule has 0 saturated carbocycles. The van der Waals surface area contributed by atoms with Gasteiger partial charge in [-0.25, -0.2) is 9.98 Å². The standard InChI is InChI=1S/C17H19N5O2.HI/c1-23-14-7-6-12(9-15(14)24-2)21-17(18)19-10-13-11-22-8-4-3-5-16(22)20-13;/h3-9,11H,10H2,1-2H3,(H3,18,19,21);1H. The predicted molar refractivity (Wildman–Crippen MR) is 109 cm³/mol. The molecule has 3 rings (SSSR count). The fourth-order valence-electron chi connectivity index (χ4n) is 2.33. The normalized spacial score (nSPS) is 11.0. The Morgan fingerprint density at radius 1 is 1.20 bits per heavy atom. The van der Waals surface area contributed by atoms with Gasteiger partial charge in [0.1, 0.15) is 5.65 Å². The molecule has 132 valence electrons. The van der Waals surface area contributed by atoms with Gasteiger partial charge in [-0.1, -0.05) is 6.07 Å². The first-order valence-electron chi connectivity index (χ1n) is 7.41. The molecule has 0 saturated heterocycles. The van der Waals surface area contributed by atoms with E-state index in [9.17, 15) is 0 Å². The average molecular weight is 453 g/mol. The van der Waals surface area contributed by atoms with Crippen molar-refractivity contribution in [1.82, 2.24) is 9.38 Å². The zero-order valence-corrected chi connectivity index (χ0v) is 16.3. The molecule has 0 atom stereocenters. The van der Waals surface area contributed by atoms with Crippen molar-refractivity contribution < 1.29 is 9.47 Å². The Labute approximate surface area is 162 Å². The summed E-state index contributed by atoms with van der Waals surface area (Å²) < 4.78 is 12.4. The Morgan fingerprint density at radius 3 is 2.72 bits per heavy atom. The summed E-state index contributed by atoms with van der Waals surface area (Å²) in [5.74, 6) is 1.58. The summed E-state index contributed by atoms with van der Waals surface area (Å²) in [7, 11) is 3.18. The number of nitrogens with zero attached hydrogens (tertiary/aromatic N) is 3. The average Bonchev–Trinajstić information content (AvgIpc) is 3.03. The summed E-state index contributed by atoms with van der Waals surface area (Å²) in [5.41, 5.74) is 8.44. The number of ether oxygens (including phenoxy) is 2. The number of halogens is 1. The van der Waals surface area contributed by atoms with E-state index in [0.717, 1.165) is 17.0 Å². The van der Waals surface area contributed by atoms with Crippen LogP contribution in [-0.4, -0.2) is 29.6 Å². The van der Waals surface area contributed by atoms with Crippen LogP contribution < -0.4 is 20.5 Å². The van der Waals surface area contributed by atoms with Crippen molar-refractivity contribution in [2.45, 2.75) is 6.54 Å². The van der Waals surface area contributed by atoms with Gasteiger partial charge in [0.15, 0.2) is 17.5 Å². The molecule has 0 bridgehead atoms. The van der Waals surface area contributed by atoms with Crippen LogP contribution >= 0.6 is 24.0 Å². The number of aliphatic imine (C=N–C) groups is 1. The number of methoxy groups -OCH3 is 2. The van der Waals surface area contributed by atoms with Crippen LogP contribution in [0.5, 0.6) is 11.5 Å². The molecule has 2 heterocycles. The van der Waals surface area contributed by atoms with E-state index < -0.39 is 0 Å². The number of aromatic nitrogens is 2. The van der Waals surface area contributed by atoms with E-state index in [1.165, 1.54) is 0 Å². The van der Waals surface area contributed by atoms with Gasteiger partial charge in [-0.05, 0) is 24.3 Å². The molecular weight excluding hydrogens is 433 g/mol. The Bertz CT molecular complexity index is 845. The maximum absolute atomic E-state index is 5.94. The highest BCUT2D eigenvalue weighted by atomic mass is 127. The smallest absolute Gasteiger partial charge is 0.193 e. The van der Waals surface area contributed by atoms with Crippen molar-refractivity contribution in [2.24, 2.45) is 10.7 Å². The highest BCUT2D eigenvalue weighted by molar-refractivity contribution is 14.0. The lowest BCUT2D eigenvalue weighted by Gasteiger charge is -2.10. The second kappa shape index (κ2) is 8.56. The van der Waals surface area contributed by atoms with Gasteiger partial charge in [-0.15, -0.1) is 24.0 Å². The molecule has 0 radical (unpaired) electrons. The molecule has 2 aromatic heterocycles. The zero-order valence-electron chi connectivity index (χ0n) is 14.0. The largest absolute Gasteiger partial charge is 0.493 e. The molecule has 8 heteroatoms. The van der Waals surface area contributed by atoms with E-state index in [0.29, 0.717) is 24.0 Å². The molecule has 1 aromatic carbocycles. The Balaban J connectivity index is 0.00000225. The number of hydrogen-bond acceptors (Lipinski definition) is 4. The van der Waals surface area contributed by atoms with Crippen molar-refractivity contribution in [3.63, 3.8) is 0 Å². The van der Waals surface area contributed by atoms with Gasteiger partial charge in [-0.3, -0.25) is 0 Å². The third-order valence-corrected chi connectivity index (χ3v) is 3.48. The fourth-order valence-corrected chi connectivity index (χ4v) is 2.33. The first-order valence-corrected chi connectivity index (χ1v) is 7.41. The van der Waals surface area contributed by atoms with E-state index in [4.69, 9.17) is 15.2 Å². The highest BCUT2D eigenvalue weighted by Crippen LogP contribution is 2.29. The Hall–Kier alpha value is -2.49. The summed E-state index contributed by atoms with van der Waals surface area (Å²) in [6.07, 6.45) is 3.88. The van der Waals surface area contributed by atoms with Crippen LogP contribution in [-0.2, 0) is 6.54 Å². The SMILES string of the molecule is COc1ccc(NC(N)=NCc2cn3ccccc3n2)cc1OC.I. The van der Waals surface area contributed by atoms with Gasteiger partial charge in [-0.2, -0.15) is 0 Å². The molecule has 0 aliphatic carbocycles. The number of anilines is 1. The summed E-state index contributed by atoms with van der Waals surface area (Å²) >= 11 is 0. The molecule has 0 spiro atoms. The molecule has 0 amide bonds. The Kier molecular flexibility index (Phi) is 6.45. The minimum atomic E-state index is 0. The molecule has 0 aliphatic heterocycles. The van der Waals surface area contributed by atoms with E-state index >= 15 is 0 Å². The van der Waals surface area contributed by atoms with Crippen LogP contribution in [0.3, 0.4) is 0 Å². The fraction of sp³-hybridized carbons (Fsp3) is 0.176. The number of rotatable bonds is 5. The van der Waals surface area contributed by atoms with Crippen LogP contribution in [0.1, 0.15) is 5.69 Å². The van der Waals surface area contributed by atoms with Crippen molar-refractivity contribution in [3.05, 3.63) is 54.5 Å². The molecule has 3 aromatic rings. The zero-order chi connectivity index (χ0) is 16.9. The van der Waals surface area contributed by atoms with Crippen molar-refractivity contribution in [3.8, 4) is 11.5 Å². The van der Waals surface area contributed by atoms with Crippen LogP contribution in [0.4, 0.5) is 5.69 Å². The predicted octanol–water partition coefficient (Wildman–Crippen LogP) is 2.90. The lowest BCUT2D eigenvalue weighted by Crippen LogP contribution is -2.22. The highest BCUT2D eigenvalue weighted by Gasteiger charge is 2.05. The number of guanidine groups is 1. The number of pyridine rings is 1. The monoisotopic (exact) mass is 453 g/mol. The number of imidazole rings is 1. The summed E-state index contributed by atoms with van der Waals surface area (Å²) in [4.78, 5) is 8.80. The van der Waals surface area contributed by atoms with E-state index in [1.54, 1.807) is 26.4 Å². The molecule has 0 fully saturated rings. The third-order valence-electron chi connectivity index (χ3n) is 3.48. The van der Waals surface area contributed by atoms with Gasteiger partial charge < -0.3 is 24.9 Å². The van der Waals surface area contributed by atoms with E-state index in [1.807, 2.05) is 41.1 Å². The van der Waals surface area contributed by atoms with Gasteiger partial charge >= 0.3 is 0 Å². The molecule has 7 nitrogen and oxygen atoms in total. The van der Waals surface area contributed by atoms with Crippen LogP contribution in [0.2, 0.25) is 0 Å². The van der Waals surface area contributed by atoms with Crippen molar-refractivity contribution >= 4 is 41.3 Å². The van der Waals surface area contributed by atoms with Gasteiger partial charge in [0.25, 0.3) is 0 Å². The number of hydrogen-bond donors (Lipinski definition) is 2. The number of benzene rings is 1. The minimum Gasteiger partial charge on any atom is -0.493 e. The summed E-state index contributed by atoms with van der Waals surface area (Å²) in [6, 6.07) is 11.3. The van der Waals surface area contributed by atoms with Crippen LogP contribution in [0, 0.1) is 0 Å². The van der Waals surface area contributed by atoms with Crippen molar-refractivity contribution in [1.29, 1.82) is 0 Å². The minimum absolute atomic E-state index is 0. The number of fused-ring (bicyclic) bond motifs is 1. The van der Waals surface area contributed by atoms with Crippen molar-refractivity contribution in [2.75, 3.05) is 19.5 Å². The molecule has 3 N–H and O–H groups in total. The van der Waals surface area contributed by atoms with E-state index in [2.05, 4.69) is 15.3 Å².